The van der Waals surface area contributed by atoms with Gasteiger partial charge in [-0.1, -0.05) is 0 Å². The molecule has 0 aliphatic rings. The van der Waals surface area contributed by atoms with Crippen LogP contribution in [0.5, 0.6) is 0 Å². The second kappa shape index (κ2) is 41.3. The SMILES string of the molecule is [Fe].[Fe].[Fe].[Fe].[Fe].[Zn]. The van der Waals surface area contributed by atoms with Crippen molar-refractivity contribution >= 4 is 0 Å². The van der Waals surface area contributed by atoms with Crippen molar-refractivity contribution in [2.24, 2.45) is 0 Å². The summed E-state index contributed by atoms with van der Waals surface area (Å²) in [5.41, 5.74) is 0. The van der Waals surface area contributed by atoms with Crippen LogP contribution < -0.4 is 0 Å². The van der Waals surface area contributed by atoms with E-state index in [9.17, 15) is 0 Å². The van der Waals surface area contributed by atoms with Crippen LogP contribution in [0, 0.1) is 0 Å². The Kier molecular flexibility index (Phi) is 414. The van der Waals surface area contributed by atoms with Gasteiger partial charge in [0.2, 0.25) is 0 Å². The molecule has 0 nitrogen and oxygen atoms in total. The molecule has 6 heavy (non-hydrogen) atoms. The van der Waals surface area contributed by atoms with Crippen LogP contribution >= 0.6 is 0 Å². The van der Waals surface area contributed by atoms with Gasteiger partial charge >= 0.3 is 0 Å². The molecule has 6 heteroatoms. The summed E-state index contributed by atoms with van der Waals surface area (Å²) in [7, 11) is 0. The smallest absolute Gasteiger partial charge is 0 e. The second-order valence-corrected chi connectivity index (χ2v) is 0. The predicted molar refractivity (Wildman–Crippen MR) is 0 cm³/mol. The Bertz CT molecular complexity index is 3.90. The topological polar surface area (TPSA) is 0 Å². The molecule has 0 unspecified atom stereocenters. The molecule has 0 aromatic rings. The monoisotopic (exact) mass is 344 g/mol. The Labute approximate surface area is 103 Å². The molecule has 0 saturated heterocycles. The van der Waals surface area contributed by atoms with Gasteiger partial charge in [-0.2, -0.15) is 0 Å². The van der Waals surface area contributed by atoms with E-state index >= 15 is 0 Å². The zero-order chi connectivity index (χ0) is 0. The molecule has 42 valence electrons. The van der Waals surface area contributed by atoms with Gasteiger partial charge in [0, 0.05) is 105 Å². The Morgan fingerprint density at radius 1 is 0.333 bits per heavy atom. The summed E-state index contributed by atoms with van der Waals surface area (Å²) in [5.74, 6) is 0. The van der Waals surface area contributed by atoms with E-state index in [0.717, 1.165) is 0 Å². The summed E-state index contributed by atoms with van der Waals surface area (Å²) in [5, 5.41) is 0. The maximum atomic E-state index is 0. The average molecular weight is 345 g/mol. The van der Waals surface area contributed by atoms with Crippen molar-refractivity contribution in [1.29, 1.82) is 0 Å². The molecule has 0 spiro atoms. The average Bonchev–Trinajstić information content (AvgIpc) is 0. The van der Waals surface area contributed by atoms with E-state index in [4.69, 9.17) is 0 Å². The van der Waals surface area contributed by atoms with Crippen LogP contribution in [0.2, 0.25) is 0 Å². The van der Waals surface area contributed by atoms with E-state index < -0.39 is 0 Å². The minimum Gasteiger partial charge on any atom is 0 e. The maximum Gasteiger partial charge on any atom is 0 e. The standard InChI is InChI=1S/5Fe.Zn. The predicted octanol–water partition coefficient (Wildman–Crippen LogP) is -0.0150. The Morgan fingerprint density at radius 2 is 0.333 bits per heavy atom. The number of hydrogen-bond acceptors (Lipinski definition) is 0. The van der Waals surface area contributed by atoms with Crippen LogP contribution in [0.25, 0.3) is 0 Å². The van der Waals surface area contributed by atoms with Gasteiger partial charge in [-0.25, -0.2) is 0 Å². The third-order valence-corrected chi connectivity index (χ3v) is 0. The van der Waals surface area contributed by atoms with Crippen molar-refractivity contribution in [2.45, 2.75) is 0 Å². The molecule has 0 bridgehead atoms. The van der Waals surface area contributed by atoms with Gasteiger partial charge in [0.15, 0.2) is 0 Å². The van der Waals surface area contributed by atoms with Crippen molar-refractivity contribution in [1.82, 2.24) is 0 Å². The number of hydrogen-bond donors (Lipinski definition) is 0. The van der Waals surface area contributed by atoms with Crippen LogP contribution in [0.3, 0.4) is 0 Å². The normalized spacial score (nSPS) is 0. The molecule has 0 radical (unpaired) electrons. The van der Waals surface area contributed by atoms with Crippen molar-refractivity contribution < 1.29 is 105 Å². The molecule has 0 saturated carbocycles. The van der Waals surface area contributed by atoms with Crippen LogP contribution in [-0.4, -0.2) is 0 Å². The fourth-order valence-corrected chi connectivity index (χ4v) is 0. The van der Waals surface area contributed by atoms with Crippen molar-refractivity contribution in [3.8, 4) is 0 Å². The van der Waals surface area contributed by atoms with Crippen molar-refractivity contribution in [3.05, 3.63) is 0 Å². The molecular weight excluding hydrogens is 345 g/mol. The molecule has 0 aromatic heterocycles. The summed E-state index contributed by atoms with van der Waals surface area (Å²) in [4.78, 5) is 0. The van der Waals surface area contributed by atoms with Gasteiger partial charge < -0.3 is 0 Å². The van der Waals surface area contributed by atoms with E-state index in [0.29, 0.717) is 0 Å². The molecule has 0 aromatic carbocycles. The third-order valence-electron chi connectivity index (χ3n) is 0. The minimum absolute atomic E-state index is 0. The van der Waals surface area contributed by atoms with Crippen LogP contribution in [0.1, 0.15) is 0 Å². The van der Waals surface area contributed by atoms with E-state index in [1.165, 1.54) is 0 Å². The van der Waals surface area contributed by atoms with Gasteiger partial charge in [0.25, 0.3) is 0 Å². The van der Waals surface area contributed by atoms with Gasteiger partial charge in [0.1, 0.15) is 0 Å². The summed E-state index contributed by atoms with van der Waals surface area (Å²) in [6, 6.07) is 0. The van der Waals surface area contributed by atoms with Crippen LogP contribution in [-0.2, 0) is 105 Å². The molecule has 0 amide bonds. The van der Waals surface area contributed by atoms with Gasteiger partial charge in [0.05, 0.1) is 0 Å². The van der Waals surface area contributed by atoms with E-state index in [1.807, 2.05) is 0 Å². The van der Waals surface area contributed by atoms with E-state index in [-0.39, 0.29) is 105 Å². The Morgan fingerprint density at radius 3 is 0.333 bits per heavy atom. The summed E-state index contributed by atoms with van der Waals surface area (Å²) >= 11 is 0. The first-order chi connectivity index (χ1) is 0. The molecule has 0 heterocycles. The molecular formula is Fe5Zn. The zero-order valence-corrected chi connectivity index (χ0v) is 11.0. The molecule has 0 fully saturated rings. The zero-order valence-electron chi connectivity index (χ0n) is 2.47. The van der Waals surface area contributed by atoms with E-state index in [1.54, 1.807) is 0 Å². The first kappa shape index (κ1) is 60.1. The van der Waals surface area contributed by atoms with Crippen molar-refractivity contribution in [2.75, 3.05) is 0 Å². The first-order valence-corrected chi connectivity index (χ1v) is 0. The van der Waals surface area contributed by atoms with Gasteiger partial charge in [-0.3, -0.25) is 0 Å². The summed E-state index contributed by atoms with van der Waals surface area (Å²) in [6.07, 6.45) is 0. The molecule has 0 aliphatic heterocycles. The largest absolute Gasteiger partial charge is 0 e. The van der Waals surface area contributed by atoms with Gasteiger partial charge in [-0.15, -0.1) is 0 Å². The Hall–Kier alpha value is 3.22. The molecule has 0 N–H and O–H groups in total. The number of rotatable bonds is 0. The van der Waals surface area contributed by atoms with Crippen molar-refractivity contribution in [3.63, 3.8) is 0 Å². The second-order valence-electron chi connectivity index (χ2n) is 0. The van der Waals surface area contributed by atoms with E-state index in [2.05, 4.69) is 0 Å². The fourth-order valence-electron chi connectivity index (χ4n) is 0. The molecule has 0 atom stereocenters. The van der Waals surface area contributed by atoms with Crippen LogP contribution in [0.15, 0.2) is 0 Å². The third kappa shape index (κ3) is 26.9. The minimum atomic E-state index is 0. The summed E-state index contributed by atoms with van der Waals surface area (Å²) in [6.45, 7) is 0. The fraction of sp³-hybridized carbons (Fsp3) is 0. The van der Waals surface area contributed by atoms with Gasteiger partial charge in [-0.05, 0) is 0 Å². The molecule has 0 rings (SSSR count). The van der Waals surface area contributed by atoms with Crippen LogP contribution in [0.4, 0.5) is 0 Å². The first-order valence-electron chi connectivity index (χ1n) is 0. The quantitative estimate of drug-likeness (QED) is 0.542. The maximum absolute atomic E-state index is 0. The summed E-state index contributed by atoms with van der Waals surface area (Å²) < 4.78 is 0. The molecule has 0 aliphatic carbocycles. The Balaban J connectivity index is 0.